The molecule has 0 aliphatic carbocycles. The molecule has 11 heteroatoms. The van der Waals surface area contributed by atoms with Gasteiger partial charge >= 0.3 is 0 Å². The number of benzene rings is 3. The molecule has 0 aromatic heterocycles. The maximum atomic E-state index is 13.1. The molecule has 4 atom stereocenters. The highest BCUT2D eigenvalue weighted by Crippen LogP contribution is 2.50. The summed E-state index contributed by atoms with van der Waals surface area (Å²) in [4.78, 5) is 35.6. The second-order valence-electron chi connectivity index (χ2n) is 8.90. The van der Waals surface area contributed by atoms with Crippen molar-refractivity contribution in [2.75, 3.05) is 5.32 Å². The summed E-state index contributed by atoms with van der Waals surface area (Å²) in [6.07, 6.45) is 0. The van der Waals surface area contributed by atoms with Crippen LogP contribution in [0.3, 0.4) is 0 Å². The molecule has 2 heterocycles. The van der Waals surface area contributed by atoms with Gasteiger partial charge in [-0.2, -0.15) is 0 Å². The number of ether oxygens (including phenoxy) is 1. The first-order valence-corrected chi connectivity index (χ1v) is 12.0. The number of halogens is 1. The predicted molar refractivity (Wildman–Crippen MR) is 134 cm³/mol. The van der Waals surface area contributed by atoms with E-state index in [0.29, 0.717) is 27.0 Å². The fourth-order valence-corrected chi connectivity index (χ4v) is 5.78. The third-order valence-electron chi connectivity index (χ3n) is 6.85. The lowest BCUT2D eigenvalue weighted by molar-refractivity contribution is -0.532. The number of amides is 1. The normalized spacial score (nSPS) is 24.4. The number of para-hydroxylation sites is 1. The number of non-ortho nitro benzene ring substituents is 1. The summed E-state index contributed by atoms with van der Waals surface area (Å²) < 4.78 is 6.47. The number of hydrogen-bond acceptors (Lipinski definition) is 7. The van der Waals surface area contributed by atoms with Crippen molar-refractivity contribution in [3.63, 3.8) is 0 Å². The lowest BCUT2D eigenvalue weighted by Gasteiger charge is -2.25. The fraction of sp³-hybridized carbons (Fsp3) is 0.240. The number of carbonyl (C=O) groups excluding carboxylic acids is 1. The van der Waals surface area contributed by atoms with Crippen molar-refractivity contribution in [1.29, 1.82) is 0 Å². The quantitative estimate of drug-likeness (QED) is 0.339. The molecule has 2 aliphatic heterocycles. The number of fused-ring (bicyclic) bond motifs is 2. The van der Waals surface area contributed by atoms with Crippen LogP contribution >= 0.6 is 15.9 Å². The maximum absolute atomic E-state index is 13.1. The molecule has 0 saturated carbocycles. The largest absolute Gasteiger partial charge is 0.488 e. The molecule has 3 aromatic rings. The highest BCUT2D eigenvalue weighted by molar-refractivity contribution is 9.10. The van der Waals surface area contributed by atoms with Crippen LogP contribution in [0.1, 0.15) is 29.5 Å². The standard InChI is InChI=1S/C25H21BrN4O6/c1-14-22(23(30(34)35)25(28-14)18-4-2-3-5-20(18)27-24(25)31)16-8-11-21(19(26)12-16)36-13-15-6-9-17(10-7-15)29(32)33/h2-12,14,22-23,28H,13H2,1H3,(H,27,31)/t14-,22-,23+,25-/m0/s1. The number of nitro groups is 2. The van der Waals surface area contributed by atoms with Crippen LogP contribution in [0.25, 0.3) is 0 Å². The number of nitrogens with one attached hydrogen (secondary N) is 2. The molecule has 36 heavy (non-hydrogen) atoms. The van der Waals surface area contributed by atoms with E-state index in [1.807, 2.05) is 6.92 Å². The topological polar surface area (TPSA) is 137 Å². The molecule has 2 N–H and O–H groups in total. The van der Waals surface area contributed by atoms with Gasteiger partial charge < -0.3 is 10.1 Å². The lowest BCUT2D eigenvalue weighted by Crippen LogP contribution is -2.54. The summed E-state index contributed by atoms with van der Waals surface area (Å²) in [6.45, 7) is 2.03. The number of anilines is 1. The highest BCUT2D eigenvalue weighted by atomic mass is 79.9. The van der Waals surface area contributed by atoms with Gasteiger partial charge in [-0.25, -0.2) is 0 Å². The number of nitro benzene ring substituents is 1. The predicted octanol–water partition coefficient (Wildman–Crippen LogP) is 4.50. The Kier molecular flexibility index (Phi) is 5.97. The second kappa shape index (κ2) is 8.99. The summed E-state index contributed by atoms with van der Waals surface area (Å²) >= 11 is 3.50. The van der Waals surface area contributed by atoms with E-state index >= 15 is 0 Å². The Bertz CT molecular complexity index is 1380. The van der Waals surface area contributed by atoms with E-state index in [2.05, 4.69) is 26.6 Å². The van der Waals surface area contributed by atoms with Crippen LogP contribution in [-0.4, -0.2) is 27.8 Å². The van der Waals surface area contributed by atoms with Crippen LogP contribution < -0.4 is 15.4 Å². The number of rotatable bonds is 6. The van der Waals surface area contributed by atoms with Crippen LogP contribution in [-0.2, 0) is 16.9 Å². The summed E-state index contributed by atoms with van der Waals surface area (Å²) in [5.41, 5.74) is 1.13. The smallest absolute Gasteiger partial charge is 0.269 e. The van der Waals surface area contributed by atoms with Crippen molar-refractivity contribution in [2.45, 2.75) is 37.1 Å². The van der Waals surface area contributed by atoms with Crippen molar-refractivity contribution in [2.24, 2.45) is 0 Å². The van der Waals surface area contributed by atoms with E-state index in [0.717, 1.165) is 5.56 Å². The average Bonchev–Trinajstić information content (AvgIpc) is 3.32. The van der Waals surface area contributed by atoms with Crippen molar-refractivity contribution in [3.8, 4) is 5.75 Å². The molecular formula is C25H21BrN4O6. The molecule has 1 spiro atoms. The monoisotopic (exact) mass is 552 g/mol. The molecule has 1 saturated heterocycles. The van der Waals surface area contributed by atoms with Gasteiger partial charge in [0, 0.05) is 34.3 Å². The third-order valence-corrected chi connectivity index (χ3v) is 7.47. The Hall–Kier alpha value is -3.83. The van der Waals surface area contributed by atoms with E-state index < -0.39 is 28.3 Å². The Morgan fingerprint density at radius 2 is 1.78 bits per heavy atom. The van der Waals surface area contributed by atoms with Crippen molar-refractivity contribution < 1.29 is 19.4 Å². The van der Waals surface area contributed by atoms with Crippen LogP contribution in [0, 0.1) is 20.2 Å². The zero-order chi connectivity index (χ0) is 25.6. The minimum atomic E-state index is -1.47. The molecule has 10 nitrogen and oxygen atoms in total. The van der Waals surface area contributed by atoms with E-state index in [1.54, 1.807) is 54.6 Å². The summed E-state index contributed by atoms with van der Waals surface area (Å²) in [5, 5.41) is 29.3. The second-order valence-corrected chi connectivity index (χ2v) is 9.75. The van der Waals surface area contributed by atoms with E-state index in [-0.39, 0.29) is 23.3 Å². The average molecular weight is 553 g/mol. The van der Waals surface area contributed by atoms with Crippen molar-refractivity contribution >= 4 is 33.2 Å². The minimum absolute atomic E-state index is 0.000241. The van der Waals surface area contributed by atoms with Gasteiger partial charge in [0.2, 0.25) is 0 Å². The summed E-state index contributed by atoms with van der Waals surface area (Å²) in [5.74, 6) is -0.495. The molecule has 184 valence electrons. The van der Waals surface area contributed by atoms with Gasteiger partial charge in [0.1, 0.15) is 12.4 Å². The van der Waals surface area contributed by atoms with Gasteiger partial charge in [0.05, 0.1) is 15.3 Å². The van der Waals surface area contributed by atoms with Gasteiger partial charge in [-0.15, -0.1) is 0 Å². The Labute approximate surface area is 214 Å². The SMILES string of the molecule is C[C@@H]1N[C@]2(C(=O)Nc3ccccc32)[C@H]([N+](=O)[O-])[C@@H]1c1ccc(OCc2ccc([N+](=O)[O-])cc2)c(Br)c1. The first kappa shape index (κ1) is 23.9. The first-order valence-electron chi connectivity index (χ1n) is 11.2. The number of nitrogens with zero attached hydrogens (tertiary/aromatic N) is 2. The van der Waals surface area contributed by atoms with Crippen LogP contribution in [0.2, 0.25) is 0 Å². The minimum Gasteiger partial charge on any atom is -0.488 e. The number of carbonyl (C=O) groups is 1. The summed E-state index contributed by atoms with van der Waals surface area (Å²) in [7, 11) is 0. The lowest BCUT2D eigenvalue weighted by atomic mass is 9.78. The Morgan fingerprint density at radius 3 is 2.44 bits per heavy atom. The Balaban J connectivity index is 1.42. The van der Waals surface area contributed by atoms with E-state index in [1.165, 1.54) is 12.1 Å². The zero-order valence-electron chi connectivity index (χ0n) is 19.0. The molecule has 2 aliphatic rings. The first-order chi connectivity index (χ1) is 17.2. The van der Waals surface area contributed by atoms with Gasteiger partial charge in [0.15, 0.2) is 5.54 Å². The van der Waals surface area contributed by atoms with Gasteiger partial charge in [-0.05, 0) is 64.3 Å². The van der Waals surface area contributed by atoms with Crippen molar-refractivity contribution in [1.82, 2.24) is 5.32 Å². The number of hydrogen-bond donors (Lipinski definition) is 2. The van der Waals surface area contributed by atoms with Crippen LogP contribution in [0.5, 0.6) is 5.75 Å². The molecule has 3 aromatic carbocycles. The van der Waals surface area contributed by atoms with Gasteiger partial charge in [-0.1, -0.05) is 24.3 Å². The molecule has 0 radical (unpaired) electrons. The molecular weight excluding hydrogens is 532 g/mol. The molecule has 0 bridgehead atoms. The zero-order valence-corrected chi connectivity index (χ0v) is 20.6. The third kappa shape index (κ3) is 3.80. The van der Waals surface area contributed by atoms with E-state index in [9.17, 15) is 25.0 Å². The summed E-state index contributed by atoms with van der Waals surface area (Å²) in [6, 6.07) is 16.8. The molecule has 1 amide bonds. The highest BCUT2D eigenvalue weighted by Gasteiger charge is 2.67. The Morgan fingerprint density at radius 1 is 1.06 bits per heavy atom. The van der Waals surface area contributed by atoms with Gasteiger partial charge in [0.25, 0.3) is 17.6 Å². The fourth-order valence-electron chi connectivity index (χ4n) is 5.27. The van der Waals surface area contributed by atoms with Crippen molar-refractivity contribution in [3.05, 3.63) is 108 Å². The van der Waals surface area contributed by atoms with E-state index in [4.69, 9.17) is 4.74 Å². The van der Waals surface area contributed by atoms with Gasteiger partial charge in [-0.3, -0.25) is 30.3 Å². The molecule has 5 rings (SSSR count). The maximum Gasteiger partial charge on any atom is 0.269 e. The van der Waals surface area contributed by atoms with Crippen LogP contribution in [0.4, 0.5) is 11.4 Å². The molecule has 0 unspecified atom stereocenters. The van der Waals surface area contributed by atoms with Crippen LogP contribution in [0.15, 0.2) is 71.2 Å². The molecule has 1 fully saturated rings.